The van der Waals surface area contributed by atoms with Gasteiger partial charge in [0.2, 0.25) is 5.54 Å². The van der Waals surface area contributed by atoms with Gasteiger partial charge in [-0.3, -0.25) is 9.59 Å². The molecule has 1 unspecified atom stereocenters. The first-order valence-corrected chi connectivity index (χ1v) is 12.8. The van der Waals surface area contributed by atoms with E-state index in [0.29, 0.717) is 16.5 Å². The maximum absolute atomic E-state index is 13.9. The van der Waals surface area contributed by atoms with Crippen LogP contribution in [-0.2, 0) is 10.3 Å². The SMILES string of the molecule is CN(C)C(=O)c1ccc(N2CCC(CC3CN(C(=O)C(N)(c4ccccc4)C(F)(F)F)C3)CC2)cc1Cl. The first-order chi connectivity index (χ1) is 17.4. The summed E-state index contributed by atoms with van der Waals surface area (Å²) in [7, 11) is 3.36. The summed E-state index contributed by atoms with van der Waals surface area (Å²) >= 11 is 6.36. The van der Waals surface area contributed by atoms with E-state index < -0.39 is 17.6 Å². The second-order valence-electron chi connectivity index (χ2n) is 10.3. The number of alkyl halides is 3. The zero-order chi connectivity index (χ0) is 27.0. The number of hydrogen-bond acceptors (Lipinski definition) is 4. The minimum absolute atomic E-state index is 0.144. The fraction of sp³-hybridized carbons (Fsp3) is 0.481. The molecule has 2 saturated heterocycles. The quantitative estimate of drug-likeness (QED) is 0.589. The highest BCUT2D eigenvalue weighted by molar-refractivity contribution is 6.34. The van der Waals surface area contributed by atoms with Crippen molar-refractivity contribution in [3.05, 3.63) is 64.7 Å². The van der Waals surface area contributed by atoms with Crippen molar-refractivity contribution in [2.75, 3.05) is 45.2 Å². The molecule has 4 rings (SSSR count). The van der Waals surface area contributed by atoms with Gasteiger partial charge in [-0.15, -0.1) is 0 Å². The number of carbonyl (C=O) groups excluding carboxylic acids is 2. The largest absolute Gasteiger partial charge is 0.419 e. The van der Waals surface area contributed by atoms with E-state index in [0.717, 1.165) is 38.0 Å². The highest BCUT2D eigenvalue weighted by Gasteiger charge is 2.61. The first-order valence-electron chi connectivity index (χ1n) is 12.4. The Morgan fingerprint density at radius 3 is 2.19 bits per heavy atom. The number of benzene rings is 2. The van der Waals surface area contributed by atoms with Crippen molar-refractivity contribution in [1.29, 1.82) is 0 Å². The fourth-order valence-corrected chi connectivity index (χ4v) is 5.51. The average Bonchev–Trinajstić information content (AvgIpc) is 2.84. The lowest BCUT2D eigenvalue weighted by Crippen LogP contribution is -2.65. The molecule has 2 fully saturated rings. The van der Waals surface area contributed by atoms with E-state index in [1.807, 2.05) is 12.1 Å². The second kappa shape index (κ2) is 10.5. The van der Waals surface area contributed by atoms with Crippen molar-refractivity contribution < 1.29 is 22.8 Å². The molecule has 6 nitrogen and oxygen atoms in total. The number of nitrogens with two attached hydrogens (primary N) is 1. The Kier molecular flexibility index (Phi) is 7.76. The molecule has 2 aliphatic rings. The van der Waals surface area contributed by atoms with Crippen LogP contribution in [0.3, 0.4) is 0 Å². The summed E-state index contributed by atoms with van der Waals surface area (Å²) < 4.78 is 41.8. The number of nitrogens with zero attached hydrogens (tertiary/aromatic N) is 3. The Morgan fingerprint density at radius 1 is 1.03 bits per heavy atom. The summed E-state index contributed by atoms with van der Waals surface area (Å²) in [5, 5.41) is 0.419. The average molecular weight is 537 g/mol. The van der Waals surface area contributed by atoms with Gasteiger partial charge in [-0.1, -0.05) is 41.9 Å². The number of anilines is 1. The van der Waals surface area contributed by atoms with Crippen LogP contribution in [0.25, 0.3) is 0 Å². The van der Waals surface area contributed by atoms with Gasteiger partial charge in [-0.2, -0.15) is 13.2 Å². The van der Waals surface area contributed by atoms with Crippen molar-refractivity contribution in [1.82, 2.24) is 9.80 Å². The summed E-state index contributed by atoms with van der Waals surface area (Å²) in [6, 6.07) is 12.5. The van der Waals surface area contributed by atoms with Crippen molar-refractivity contribution in [2.24, 2.45) is 17.6 Å². The molecule has 2 aliphatic heterocycles. The third-order valence-electron chi connectivity index (χ3n) is 7.49. The Bertz CT molecular complexity index is 1130. The Hall–Kier alpha value is -2.78. The van der Waals surface area contributed by atoms with E-state index in [2.05, 4.69) is 4.90 Å². The summed E-state index contributed by atoms with van der Waals surface area (Å²) in [5.41, 5.74) is 3.89. The van der Waals surface area contributed by atoms with Gasteiger partial charge in [-0.05, 0) is 54.9 Å². The molecule has 10 heteroatoms. The first kappa shape index (κ1) is 27.3. The Labute approximate surface area is 220 Å². The van der Waals surface area contributed by atoms with Crippen LogP contribution in [-0.4, -0.2) is 68.1 Å². The standard InChI is InChI=1S/C27H32ClF3N4O2/c1-33(2)24(36)22-9-8-21(15-23(22)28)34-12-10-18(11-13-34)14-19-16-35(17-19)25(37)26(32,27(29,30)31)20-6-4-3-5-7-20/h3-9,15,18-19H,10-14,16-17,32H2,1-2H3. The number of likely N-dealkylation sites (tertiary alicyclic amines) is 1. The Balaban J connectivity index is 1.30. The van der Waals surface area contributed by atoms with Gasteiger partial charge in [0.15, 0.2) is 0 Å². The van der Waals surface area contributed by atoms with E-state index in [1.54, 1.807) is 26.2 Å². The van der Waals surface area contributed by atoms with Gasteiger partial charge in [0.05, 0.1) is 10.6 Å². The van der Waals surface area contributed by atoms with Crippen molar-refractivity contribution in [3.63, 3.8) is 0 Å². The van der Waals surface area contributed by atoms with E-state index in [1.165, 1.54) is 34.1 Å². The third-order valence-corrected chi connectivity index (χ3v) is 7.81. The third kappa shape index (κ3) is 5.43. The summed E-state index contributed by atoms with van der Waals surface area (Å²) in [6.45, 7) is 2.23. The maximum atomic E-state index is 13.9. The van der Waals surface area contributed by atoms with Crippen LogP contribution in [0.5, 0.6) is 0 Å². The van der Waals surface area contributed by atoms with Crippen molar-refractivity contribution in [3.8, 4) is 0 Å². The molecule has 0 saturated carbocycles. The predicted octanol–water partition coefficient (Wildman–Crippen LogP) is 4.52. The smallest absolute Gasteiger partial charge is 0.371 e. The van der Waals surface area contributed by atoms with Crippen LogP contribution >= 0.6 is 11.6 Å². The second-order valence-corrected chi connectivity index (χ2v) is 10.7. The topological polar surface area (TPSA) is 69.9 Å². The van der Waals surface area contributed by atoms with Crippen LogP contribution in [0.1, 0.15) is 35.2 Å². The van der Waals surface area contributed by atoms with Gasteiger partial charge in [0.1, 0.15) is 0 Å². The summed E-state index contributed by atoms with van der Waals surface area (Å²) in [6.07, 6.45) is -2.16. The minimum atomic E-state index is -4.90. The van der Waals surface area contributed by atoms with Gasteiger partial charge in [0.25, 0.3) is 11.8 Å². The lowest BCUT2D eigenvalue weighted by Gasteiger charge is -2.46. The van der Waals surface area contributed by atoms with E-state index in [9.17, 15) is 22.8 Å². The molecule has 1 atom stereocenters. The molecule has 2 amide bonds. The molecule has 37 heavy (non-hydrogen) atoms. The molecule has 0 spiro atoms. The highest BCUT2D eigenvalue weighted by Crippen LogP contribution is 2.40. The number of rotatable bonds is 6. The lowest BCUT2D eigenvalue weighted by atomic mass is 9.81. The van der Waals surface area contributed by atoms with Crippen molar-refractivity contribution in [2.45, 2.75) is 31.0 Å². The normalized spacial score (nSPS) is 18.8. The molecule has 2 heterocycles. The summed E-state index contributed by atoms with van der Waals surface area (Å²) in [5.74, 6) is -0.637. The van der Waals surface area contributed by atoms with Gasteiger partial charge in [-0.25, -0.2) is 0 Å². The molecule has 2 aromatic rings. The van der Waals surface area contributed by atoms with E-state index in [-0.39, 0.29) is 30.5 Å². The van der Waals surface area contributed by atoms with Gasteiger partial charge in [0, 0.05) is 46.0 Å². The molecule has 0 radical (unpaired) electrons. The number of halogens is 4. The fourth-order valence-electron chi connectivity index (χ4n) is 5.26. The molecule has 0 aromatic heterocycles. The van der Waals surface area contributed by atoms with Gasteiger partial charge >= 0.3 is 6.18 Å². The zero-order valence-corrected chi connectivity index (χ0v) is 21.7. The molecule has 2 N–H and O–H groups in total. The minimum Gasteiger partial charge on any atom is -0.371 e. The number of carbonyl (C=O) groups is 2. The van der Waals surface area contributed by atoms with E-state index in [4.69, 9.17) is 17.3 Å². The zero-order valence-electron chi connectivity index (χ0n) is 21.0. The van der Waals surface area contributed by atoms with Crippen LogP contribution in [0.4, 0.5) is 18.9 Å². The predicted molar refractivity (Wildman–Crippen MR) is 137 cm³/mol. The number of piperidine rings is 1. The molecule has 0 bridgehead atoms. The van der Waals surface area contributed by atoms with Crippen LogP contribution in [0.15, 0.2) is 48.5 Å². The molecular weight excluding hydrogens is 505 g/mol. The maximum Gasteiger partial charge on any atom is 0.419 e. The summed E-state index contributed by atoms with van der Waals surface area (Å²) in [4.78, 5) is 30.1. The van der Waals surface area contributed by atoms with Crippen LogP contribution < -0.4 is 10.6 Å². The van der Waals surface area contributed by atoms with Crippen LogP contribution in [0, 0.1) is 11.8 Å². The number of amides is 2. The lowest BCUT2D eigenvalue weighted by molar-refractivity contribution is -0.204. The van der Waals surface area contributed by atoms with Crippen LogP contribution in [0.2, 0.25) is 5.02 Å². The number of hydrogen-bond donors (Lipinski definition) is 1. The van der Waals surface area contributed by atoms with Gasteiger partial charge < -0.3 is 20.4 Å². The Morgan fingerprint density at radius 2 is 1.65 bits per heavy atom. The molecular formula is C27H32ClF3N4O2. The van der Waals surface area contributed by atoms with E-state index >= 15 is 0 Å². The van der Waals surface area contributed by atoms with Crippen molar-refractivity contribution >= 4 is 29.1 Å². The molecule has 2 aromatic carbocycles. The monoisotopic (exact) mass is 536 g/mol. The highest BCUT2D eigenvalue weighted by atomic mass is 35.5. The molecule has 200 valence electrons. The molecule has 0 aliphatic carbocycles.